The molecule has 1 aromatic carbocycles. The Morgan fingerprint density at radius 3 is 2.81 bits per heavy atom. The second-order valence-corrected chi connectivity index (χ2v) is 5.00. The monoisotopic (exact) mass is 307 g/mol. The predicted molar refractivity (Wildman–Crippen MR) is 73.8 cm³/mol. The van der Waals surface area contributed by atoms with E-state index in [9.17, 15) is 14.4 Å². The maximum Gasteiger partial charge on any atom is 0.355 e. The number of rotatable bonds is 2. The third kappa shape index (κ3) is 1.97. The smallest absolute Gasteiger partial charge is 0.355 e. The first-order valence-corrected chi connectivity index (χ1v) is 6.47. The Labute approximate surface area is 124 Å². The molecule has 0 aliphatic carbocycles. The van der Waals surface area contributed by atoms with Gasteiger partial charge in [0, 0.05) is 5.02 Å². The molecule has 2 unspecified atom stereocenters. The fourth-order valence-electron chi connectivity index (χ4n) is 2.43. The van der Waals surface area contributed by atoms with Gasteiger partial charge in [-0.25, -0.2) is 9.69 Å². The molecule has 1 saturated heterocycles. The number of fused-ring (bicyclic) bond motifs is 1. The second kappa shape index (κ2) is 4.85. The minimum Gasteiger partial charge on any atom is -0.464 e. The SMILES string of the molecule is COC(=O)C1=NNC2C(=O)N(c3cccc(Cl)c3)C(=O)C12. The number of esters is 1. The van der Waals surface area contributed by atoms with Gasteiger partial charge in [-0.05, 0) is 18.2 Å². The van der Waals surface area contributed by atoms with Crippen molar-refractivity contribution in [1.82, 2.24) is 5.43 Å². The van der Waals surface area contributed by atoms with Crippen molar-refractivity contribution in [2.45, 2.75) is 6.04 Å². The summed E-state index contributed by atoms with van der Waals surface area (Å²) in [5, 5.41) is 4.14. The molecule has 3 rings (SSSR count). The number of halogens is 1. The zero-order chi connectivity index (χ0) is 15.1. The van der Waals surface area contributed by atoms with Crippen LogP contribution in [0.1, 0.15) is 0 Å². The highest BCUT2D eigenvalue weighted by molar-refractivity contribution is 6.46. The van der Waals surface area contributed by atoms with Crippen LogP contribution >= 0.6 is 11.6 Å². The summed E-state index contributed by atoms with van der Waals surface area (Å²) in [6, 6.07) is 5.49. The third-order valence-corrected chi connectivity index (χ3v) is 3.62. The maximum atomic E-state index is 12.5. The van der Waals surface area contributed by atoms with Gasteiger partial charge >= 0.3 is 5.97 Å². The quantitative estimate of drug-likeness (QED) is 0.628. The lowest BCUT2D eigenvalue weighted by molar-refractivity contribution is -0.133. The van der Waals surface area contributed by atoms with Gasteiger partial charge in [0.05, 0.1) is 12.8 Å². The molecule has 0 radical (unpaired) electrons. The van der Waals surface area contributed by atoms with Crippen LogP contribution < -0.4 is 10.3 Å². The van der Waals surface area contributed by atoms with Crippen molar-refractivity contribution in [3.8, 4) is 0 Å². The summed E-state index contributed by atoms with van der Waals surface area (Å²) in [6.45, 7) is 0. The number of methoxy groups -OCH3 is 1. The lowest BCUT2D eigenvalue weighted by Gasteiger charge is -2.15. The van der Waals surface area contributed by atoms with E-state index in [1.807, 2.05) is 0 Å². The first kappa shape index (κ1) is 13.6. The van der Waals surface area contributed by atoms with E-state index in [-0.39, 0.29) is 5.71 Å². The summed E-state index contributed by atoms with van der Waals surface area (Å²) < 4.78 is 4.57. The van der Waals surface area contributed by atoms with E-state index < -0.39 is 29.7 Å². The van der Waals surface area contributed by atoms with Gasteiger partial charge < -0.3 is 4.74 Å². The van der Waals surface area contributed by atoms with Gasteiger partial charge in [0.15, 0.2) is 5.71 Å². The fourth-order valence-corrected chi connectivity index (χ4v) is 2.62. The Balaban J connectivity index is 1.98. The molecule has 21 heavy (non-hydrogen) atoms. The average molecular weight is 308 g/mol. The molecule has 2 heterocycles. The van der Waals surface area contributed by atoms with E-state index >= 15 is 0 Å². The molecule has 2 amide bonds. The predicted octanol–water partition coefficient (Wildman–Crippen LogP) is 0.330. The van der Waals surface area contributed by atoms with Crippen LogP contribution in [0.5, 0.6) is 0 Å². The van der Waals surface area contributed by atoms with Gasteiger partial charge in [-0.15, -0.1) is 0 Å². The summed E-state index contributed by atoms with van der Waals surface area (Å²) in [5.74, 6) is -2.70. The molecule has 108 valence electrons. The number of ether oxygens (including phenoxy) is 1. The summed E-state index contributed by atoms with van der Waals surface area (Å²) in [7, 11) is 1.19. The van der Waals surface area contributed by atoms with Gasteiger partial charge in [0.2, 0.25) is 5.91 Å². The zero-order valence-electron chi connectivity index (χ0n) is 10.9. The molecule has 0 saturated carbocycles. The molecule has 2 aliphatic heterocycles. The molecule has 2 aliphatic rings. The largest absolute Gasteiger partial charge is 0.464 e. The lowest BCUT2D eigenvalue weighted by Crippen LogP contribution is -2.36. The Bertz CT molecular complexity index is 688. The van der Waals surface area contributed by atoms with Gasteiger partial charge in [0.1, 0.15) is 12.0 Å². The van der Waals surface area contributed by atoms with Crippen molar-refractivity contribution in [2.75, 3.05) is 12.0 Å². The van der Waals surface area contributed by atoms with Crippen LogP contribution in [0.15, 0.2) is 29.4 Å². The van der Waals surface area contributed by atoms with E-state index in [1.54, 1.807) is 18.2 Å². The number of carbonyl (C=O) groups is 3. The molecule has 1 fully saturated rings. The van der Waals surface area contributed by atoms with Crippen molar-refractivity contribution in [3.63, 3.8) is 0 Å². The Morgan fingerprint density at radius 1 is 1.38 bits per heavy atom. The molecule has 0 aromatic heterocycles. The van der Waals surface area contributed by atoms with Crippen LogP contribution in [0.4, 0.5) is 5.69 Å². The van der Waals surface area contributed by atoms with Gasteiger partial charge in [-0.1, -0.05) is 17.7 Å². The summed E-state index contributed by atoms with van der Waals surface area (Å²) in [5.41, 5.74) is 2.79. The molecular formula is C13H10ClN3O4. The lowest BCUT2D eigenvalue weighted by atomic mass is 9.99. The van der Waals surface area contributed by atoms with Crippen molar-refractivity contribution in [1.29, 1.82) is 0 Å². The molecule has 1 aromatic rings. The molecule has 0 bridgehead atoms. The molecular weight excluding hydrogens is 298 g/mol. The van der Waals surface area contributed by atoms with Gasteiger partial charge in [-0.2, -0.15) is 5.10 Å². The van der Waals surface area contributed by atoms with Gasteiger partial charge in [-0.3, -0.25) is 15.0 Å². The number of hydrogen-bond acceptors (Lipinski definition) is 6. The average Bonchev–Trinajstić information content (AvgIpc) is 3.00. The topological polar surface area (TPSA) is 88.1 Å². The number of hydrogen-bond donors (Lipinski definition) is 1. The summed E-state index contributed by atoms with van der Waals surface area (Å²) in [4.78, 5) is 37.4. The van der Waals surface area contributed by atoms with E-state index in [2.05, 4.69) is 15.3 Å². The minimum atomic E-state index is -0.969. The minimum absolute atomic E-state index is 0.0922. The van der Waals surface area contributed by atoms with E-state index in [0.717, 1.165) is 4.90 Å². The fraction of sp³-hybridized carbons (Fsp3) is 0.231. The highest BCUT2D eigenvalue weighted by atomic mass is 35.5. The number of nitrogens with one attached hydrogen (secondary N) is 1. The van der Waals surface area contributed by atoms with Crippen LogP contribution in [0.3, 0.4) is 0 Å². The van der Waals surface area contributed by atoms with Crippen molar-refractivity contribution >= 4 is 40.8 Å². The number of imide groups is 1. The maximum absolute atomic E-state index is 12.5. The van der Waals surface area contributed by atoms with E-state index in [1.165, 1.54) is 13.2 Å². The van der Waals surface area contributed by atoms with E-state index in [0.29, 0.717) is 10.7 Å². The number of anilines is 1. The van der Waals surface area contributed by atoms with Crippen molar-refractivity contribution in [2.24, 2.45) is 11.0 Å². The van der Waals surface area contributed by atoms with E-state index in [4.69, 9.17) is 11.6 Å². The van der Waals surface area contributed by atoms with Crippen molar-refractivity contribution < 1.29 is 19.1 Å². The van der Waals surface area contributed by atoms with Crippen LogP contribution in [-0.2, 0) is 19.1 Å². The number of benzene rings is 1. The highest BCUT2D eigenvalue weighted by Gasteiger charge is 2.55. The standard InChI is InChI=1S/C13H10ClN3O4/c1-21-13(20)10-8-9(15-16-10)12(19)17(11(8)18)7-4-2-3-6(14)5-7/h2-5,8-9,15H,1H3. The first-order chi connectivity index (χ1) is 10.0. The molecule has 7 nitrogen and oxygen atoms in total. The Morgan fingerprint density at radius 2 is 2.14 bits per heavy atom. The van der Waals surface area contributed by atoms with Crippen LogP contribution in [0.25, 0.3) is 0 Å². The van der Waals surface area contributed by atoms with Crippen molar-refractivity contribution in [3.05, 3.63) is 29.3 Å². The van der Waals surface area contributed by atoms with Crippen LogP contribution in [-0.4, -0.2) is 36.6 Å². The molecule has 8 heteroatoms. The summed E-state index contributed by atoms with van der Waals surface area (Å²) in [6.07, 6.45) is 0. The van der Waals surface area contributed by atoms with Gasteiger partial charge in [0.25, 0.3) is 5.91 Å². The zero-order valence-corrected chi connectivity index (χ0v) is 11.6. The third-order valence-electron chi connectivity index (χ3n) is 3.39. The second-order valence-electron chi connectivity index (χ2n) is 4.56. The Kier molecular flexibility index (Phi) is 3.13. The molecule has 1 N–H and O–H groups in total. The first-order valence-electron chi connectivity index (χ1n) is 6.09. The molecule has 0 spiro atoms. The Hall–Kier alpha value is -2.41. The number of nitrogens with zero attached hydrogens (tertiary/aromatic N) is 2. The van der Waals surface area contributed by atoms with Crippen LogP contribution in [0.2, 0.25) is 5.02 Å². The summed E-state index contributed by atoms with van der Waals surface area (Å²) >= 11 is 5.88. The van der Waals surface area contributed by atoms with Crippen LogP contribution in [0, 0.1) is 5.92 Å². The molecule has 2 atom stereocenters. The number of hydrazone groups is 1. The number of carbonyl (C=O) groups excluding carboxylic acids is 3. The highest BCUT2D eigenvalue weighted by Crippen LogP contribution is 2.31. The number of amides is 2. The normalized spacial score (nSPS) is 23.7.